The van der Waals surface area contributed by atoms with Gasteiger partial charge in [-0.25, -0.2) is 0 Å². The molecule has 1 atom stereocenters. The van der Waals surface area contributed by atoms with Crippen LogP contribution in [0.1, 0.15) is 37.6 Å². The quantitative estimate of drug-likeness (QED) is 0.635. The van der Waals surface area contributed by atoms with Crippen LogP contribution < -0.4 is 4.74 Å². The summed E-state index contributed by atoms with van der Waals surface area (Å²) in [6.07, 6.45) is 4.42. The van der Waals surface area contributed by atoms with Crippen molar-refractivity contribution in [2.24, 2.45) is 4.99 Å². The van der Waals surface area contributed by atoms with Crippen LogP contribution in [0.5, 0.6) is 5.75 Å². The van der Waals surface area contributed by atoms with Crippen molar-refractivity contribution in [3.8, 4) is 5.75 Å². The second-order valence-corrected chi connectivity index (χ2v) is 8.10. The Morgan fingerprint density at radius 2 is 1.86 bits per heavy atom. The molecule has 0 fully saturated rings. The largest absolute Gasteiger partial charge is 0.493 e. The summed E-state index contributed by atoms with van der Waals surface area (Å²) in [5.41, 5.74) is 3.40. The molecule has 0 saturated carbocycles. The minimum absolute atomic E-state index is 0.0104. The lowest BCUT2D eigenvalue weighted by Gasteiger charge is -2.15. The van der Waals surface area contributed by atoms with Crippen LogP contribution in [0.2, 0.25) is 0 Å². The summed E-state index contributed by atoms with van der Waals surface area (Å²) in [5, 5.41) is -0.236. The summed E-state index contributed by atoms with van der Waals surface area (Å²) in [6.45, 7) is 6.58. The zero-order valence-corrected chi connectivity index (χ0v) is 17.4. The molecular formula is C22H26N2O3S. The molecule has 1 aromatic heterocycles. The Bertz CT molecular complexity index is 817. The molecule has 2 heterocycles. The highest BCUT2D eigenvalue weighted by Crippen LogP contribution is 2.28. The third kappa shape index (κ3) is 5.83. The molecular weight excluding hydrogens is 372 g/mol. The number of pyridine rings is 1. The van der Waals surface area contributed by atoms with Gasteiger partial charge in [0.2, 0.25) is 5.90 Å². The van der Waals surface area contributed by atoms with Gasteiger partial charge < -0.3 is 9.47 Å². The normalized spacial score (nSPS) is 16.4. The van der Waals surface area contributed by atoms with E-state index < -0.39 is 0 Å². The fraction of sp³-hybridized carbons (Fsp3) is 0.409. The fourth-order valence-electron chi connectivity index (χ4n) is 2.85. The third-order valence-corrected chi connectivity index (χ3v) is 5.29. The van der Waals surface area contributed by atoms with Crippen molar-refractivity contribution in [2.75, 3.05) is 6.61 Å². The molecule has 0 saturated heterocycles. The highest BCUT2D eigenvalue weighted by molar-refractivity contribution is 8.15. The Morgan fingerprint density at radius 3 is 2.50 bits per heavy atom. The van der Waals surface area contributed by atoms with Gasteiger partial charge in [0.05, 0.1) is 18.0 Å². The van der Waals surface area contributed by atoms with Crippen LogP contribution in [-0.4, -0.2) is 34.1 Å². The fourth-order valence-corrected chi connectivity index (χ4v) is 3.73. The van der Waals surface area contributed by atoms with Crippen molar-refractivity contribution in [3.05, 3.63) is 59.4 Å². The second-order valence-electron chi connectivity index (χ2n) is 6.95. The average molecular weight is 399 g/mol. The summed E-state index contributed by atoms with van der Waals surface area (Å²) in [7, 11) is 0. The molecule has 28 heavy (non-hydrogen) atoms. The van der Waals surface area contributed by atoms with Gasteiger partial charge >= 0.3 is 5.24 Å². The van der Waals surface area contributed by atoms with Gasteiger partial charge in [0, 0.05) is 18.3 Å². The summed E-state index contributed by atoms with van der Waals surface area (Å²) in [5.74, 6) is 1.36. The van der Waals surface area contributed by atoms with E-state index >= 15 is 0 Å². The maximum Gasteiger partial charge on any atom is 0.308 e. The van der Waals surface area contributed by atoms with Crippen LogP contribution in [0.15, 0.2) is 47.6 Å². The minimum Gasteiger partial charge on any atom is -0.493 e. The average Bonchev–Trinajstić information content (AvgIpc) is 3.01. The molecule has 0 aliphatic carbocycles. The van der Waals surface area contributed by atoms with Crippen molar-refractivity contribution in [3.63, 3.8) is 0 Å². The smallest absolute Gasteiger partial charge is 0.308 e. The monoisotopic (exact) mass is 398 g/mol. The van der Waals surface area contributed by atoms with E-state index in [0.717, 1.165) is 29.8 Å². The van der Waals surface area contributed by atoms with Gasteiger partial charge in [-0.1, -0.05) is 25.1 Å². The number of hydrogen-bond donors (Lipinski definition) is 0. The number of nitrogens with zero attached hydrogens (tertiary/aromatic N) is 2. The predicted molar refractivity (Wildman–Crippen MR) is 113 cm³/mol. The molecule has 1 unspecified atom stereocenters. The number of benzene rings is 1. The first kappa shape index (κ1) is 20.4. The van der Waals surface area contributed by atoms with E-state index in [1.165, 1.54) is 17.3 Å². The lowest BCUT2D eigenvalue weighted by Crippen LogP contribution is -2.22. The SMILES string of the molecule is CCc1ccc(CCOc2ccc(CC3SC(=O)N=C3OC(C)C)cc2)nc1. The van der Waals surface area contributed by atoms with Crippen LogP contribution in [0.3, 0.4) is 0 Å². The molecule has 148 valence electrons. The molecule has 5 nitrogen and oxygen atoms in total. The first-order chi connectivity index (χ1) is 13.5. The Kier molecular flexibility index (Phi) is 7.09. The van der Waals surface area contributed by atoms with E-state index in [4.69, 9.17) is 9.47 Å². The zero-order valence-electron chi connectivity index (χ0n) is 16.6. The van der Waals surface area contributed by atoms with Crippen LogP contribution in [0.4, 0.5) is 4.79 Å². The number of aromatic nitrogens is 1. The lowest BCUT2D eigenvalue weighted by molar-refractivity contribution is 0.222. The van der Waals surface area contributed by atoms with Gasteiger partial charge in [-0.3, -0.25) is 9.78 Å². The lowest BCUT2D eigenvalue weighted by atomic mass is 10.1. The molecule has 0 N–H and O–H groups in total. The van der Waals surface area contributed by atoms with Gasteiger partial charge in [0.25, 0.3) is 0 Å². The van der Waals surface area contributed by atoms with E-state index in [1.807, 2.05) is 44.3 Å². The van der Waals surface area contributed by atoms with E-state index in [2.05, 4.69) is 29.0 Å². The number of amides is 1. The van der Waals surface area contributed by atoms with Crippen molar-refractivity contribution in [1.82, 2.24) is 4.98 Å². The molecule has 6 heteroatoms. The van der Waals surface area contributed by atoms with Gasteiger partial charge in [-0.2, -0.15) is 4.99 Å². The predicted octanol–water partition coefficient (Wildman–Crippen LogP) is 4.87. The van der Waals surface area contributed by atoms with Crippen LogP contribution in [-0.2, 0) is 24.0 Å². The van der Waals surface area contributed by atoms with E-state index in [-0.39, 0.29) is 16.6 Å². The number of hydrogen-bond acceptors (Lipinski definition) is 5. The van der Waals surface area contributed by atoms with Crippen molar-refractivity contribution >= 4 is 22.9 Å². The van der Waals surface area contributed by atoms with Gasteiger partial charge in [-0.05, 0) is 67.8 Å². The Hall–Kier alpha value is -2.34. The first-order valence-electron chi connectivity index (χ1n) is 9.65. The van der Waals surface area contributed by atoms with Crippen LogP contribution in [0.25, 0.3) is 0 Å². The number of carbonyl (C=O) groups excluding carboxylic acids is 1. The van der Waals surface area contributed by atoms with Gasteiger partial charge in [-0.15, -0.1) is 0 Å². The first-order valence-corrected chi connectivity index (χ1v) is 10.5. The highest BCUT2D eigenvalue weighted by Gasteiger charge is 2.30. The van der Waals surface area contributed by atoms with Crippen LogP contribution in [0, 0.1) is 0 Å². The van der Waals surface area contributed by atoms with Gasteiger partial charge in [0.15, 0.2) is 0 Å². The number of carbonyl (C=O) groups is 1. The molecule has 2 aromatic rings. The number of rotatable bonds is 8. The molecule has 0 bridgehead atoms. The second kappa shape index (κ2) is 9.73. The Balaban J connectivity index is 1.49. The Labute approximate surface area is 170 Å². The summed E-state index contributed by atoms with van der Waals surface area (Å²) < 4.78 is 11.5. The highest BCUT2D eigenvalue weighted by atomic mass is 32.2. The topological polar surface area (TPSA) is 60.8 Å². The number of thioether (sulfide) groups is 1. The molecule has 1 aliphatic heterocycles. The van der Waals surface area contributed by atoms with E-state index in [0.29, 0.717) is 18.9 Å². The standard InChI is InChI=1S/C22H26N2O3S/c1-4-16-5-8-18(23-14-16)11-12-26-19-9-6-17(7-10-19)13-20-21(27-15(2)3)24-22(25)28-20/h5-10,14-15,20H,4,11-13H2,1-3H3. The minimum atomic E-state index is -0.179. The summed E-state index contributed by atoms with van der Waals surface area (Å²) in [6, 6.07) is 12.2. The number of ether oxygens (including phenoxy) is 2. The maximum atomic E-state index is 11.6. The number of aliphatic imine (C=N–C) groups is 1. The zero-order chi connectivity index (χ0) is 19.9. The van der Waals surface area contributed by atoms with Crippen LogP contribution >= 0.6 is 11.8 Å². The molecule has 3 rings (SSSR count). The molecule has 1 aliphatic rings. The molecule has 1 aromatic carbocycles. The summed E-state index contributed by atoms with van der Waals surface area (Å²) in [4.78, 5) is 20.1. The maximum absolute atomic E-state index is 11.6. The van der Waals surface area contributed by atoms with Crippen molar-refractivity contribution < 1.29 is 14.3 Å². The van der Waals surface area contributed by atoms with Gasteiger partial charge in [0.1, 0.15) is 5.75 Å². The van der Waals surface area contributed by atoms with E-state index in [9.17, 15) is 4.79 Å². The molecule has 0 spiro atoms. The Morgan fingerprint density at radius 1 is 1.11 bits per heavy atom. The number of aryl methyl sites for hydroxylation is 1. The third-order valence-electron chi connectivity index (χ3n) is 4.34. The van der Waals surface area contributed by atoms with Crippen molar-refractivity contribution in [1.29, 1.82) is 0 Å². The summed E-state index contributed by atoms with van der Waals surface area (Å²) >= 11 is 1.22. The molecule has 0 radical (unpaired) electrons. The van der Waals surface area contributed by atoms with Crippen molar-refractivity contribution in [2.45, 2.75) is 51.4 Å². The van der Waals surface area contributed by atoms with E-state index in [1.54, 1.807) is 0 Å². The molecule has 1 amide bonds.